The Bertz CT molecular complexity index is 493. The molecule has 0 aliphatic carbocycles. The average molecular weight is 325 g/mol. The molecule has 22 heavy (non-hydrogen) atoms. The lowest BCUT2D eigenvalue weighted by atomic mass is 10.2. The van der Waals surface area contributed by atoms with Crippen LogP contribution >= 0.6 is 0 Å². The molecule has 1 amide bonds. The first kappa shape index (κ1) is 18.6. The smallest absolute Gasteiger partial charge is 0.412 e. The maximum Gasteiger partial charge on any atom is 0.412 e. The average Bonchev–Trinajstić information content (AvgIpc) is 2.76. The molecule has 0 aromatic heterocycles. The lowest BCUT2D eigenvalue weighted by Gasteiger charge is -2.29. The molecule has 5 nitrogen and oxygen atoms in total. The van der Waals surface area contributed by atoms with Crippen molar-refractivity contribution in [2.45, 2.75) is 70.9 Å². The second-order valence-electron chi connectivity index (χ2n) is 7.54. The quantitative estimate of drug-likeness (QED) is 0.422. The minimum atomic E-state index is -1.55. The zero-order valence-corrected chi connectivity index (χ0v) is 15.6. The van der Waals surface area contributed by atoms with Crippen molar-refractivity contribution in [3.63, 3.8) is 0 Å². The second kappa shape index (κ2) is 6.74. The first-order chi connectivity index (χ1) is 9.94. The molecule has 0 bridgehead atoms. The van der Waals surface area contributed by atoms with E-state index in [4.69, 9.17) is 9.47 Å². The van der Waals surface area contributed by atoms with E-state index in [2.05, 4.69) is 31.1 Å². The number of likely N-dealkylation sites (tertiary alicyclic amines) is 1. The van der Waals surface area contributed by atoms with Crippen molar-refractivity contribution in [3.8, 4) is 11.5 Å². The van der Waals surface area contributed by atoms with Crippen molar-refractivity contribution in [2.24, 2.45) is 0 Å². The summed E-state index contributed by atoms with van der Waals surface area (Å²) in [7, 11) is -0.219. The first-order valence-corrected chi connectivity index (χ1v) is 11.1. The third-order valence-electron chi connectivity index (χ3n) is 3.08. The van der Waals surface area contributed by atoms with Gasteiger partial charge in [0.2, 0.25) is 0 Å². The van der Waals surface area contributed by atoms with Crippen LogP contribution in [0.1, 0.15) is 33.6 Å². The van der Waals surface area contributed by atoms with Gasteiger partial charge in [0.15, 0.2) is 0 Å². The van der Waals surface area contributed by atoms with Gasteiger partial charge in [-0.2, -0.15) is 0 Å². The predicted octanol–water partition coefficient (Wildman–Crippen LogP) is 2.81. The molecule has 124 valence electrons. The van der Waals surface area contributed by atoms with Crippen molar-refractivity contribution in [1.29, 1.82) is 0 Å². The molecule has 0 N–H and O–H groups in total. The lowest BCUT2D eigenvalue weighted by Crippen LogP contribution is -2.47. The number of rotatable bonds is 1. The van der Waals surface area contributed by atoms with Crippen LogP contribution in [0.4, 0.5) is 4.79 Å². The molecular weight excluding hydrogens is 298 g/mol. The highest BCUT2D eigenvalue weighted by Crippen LogP contribution is 2.27. The number of ether oxygens (including phenoxy) is 2. The zero-order valence-electron chi connectivity index (χ0n) is 14.6. The number of nitrogens with zero attached hydrogens (tertiary/aromatic N) is 1. The van der Waals surface area contributed by atoms with Crippen LogP contribution in [0.2, 0.25) is 19.6 Å². The van der Waals surface area contributed by atoms with Crippen LogP contribution in [0.15, 0.2) is 0 Å². The minimum absolute atomic E-state index is 0.286. The number of hydrogen-bond donors (Lipinski definition) is 0. The Kier molecular flexibility index (Phi) is 5.69. The molecule has 0 aromatic carbocycles. The van der Waals surface area contributed by atoms with E-state index in [1.165, 1.54) is 12.0 Å². The molecule has 1 fully saturated rings. The largest absolute Gasteiger partial charge is 0.467 e. The van der Waals surface area contributed by atoms with Gasteiger partial charge in [0.05, 0.1) is 13.2 Å². The van der Waals surface area contributed by atoms with Gasteiger partial charge in [-0.25, -0.2) is 9.59 Å². The highest BCUT2D eigenvalue weighted by atomic mass is 28.3. The Hall–Kier alpha value is -1.48. The number of methoxy groups -OCH3 is 1. The van der Waals surface area contributed by atoms with Gasteiger partial charge in [-0.3, -0.25) is 4.90 Å². The van der Waals surface area contributed by atoms with Crippen LogP contribution in [-0.4, -0.2) is 49.8 Å². The number of esters is 1. The standard InChI is InChI=1S/C16H27NO4Si/c1-16(2,3)21-15(19)17-12(10-11-22(5,6)7)8-9-13(17)14(18)20-4/h12-13H,8-9H2,1-7H3/t12-,13+/m1/s1. The first-order valence-electron chi connectivity index (χ1n) is 7.56. The molecule has 0 spiro atoms. The third kappa shape index (κ3) is 5.37. The molecule has 1 rings (SSSR count). The van der Waals surface area contributed by atoms with Crippen molar-refractivity contribution in [3.05, 3.63) is 0 Å². The van der Waals surface area contributed by atoms with Gasteiger partial charge >= 0.3 is 12.1 Å². The van der Waals surface area contributed by atoms with E-state index in [-0.39, 0.29) is 6.04 Å². The summed E-state index contributed by atoms with van der Waals surface area (Å²) in [6, 6.07) is -0.897. The fourth-order valence-corrected chi connectivity index (χ4v) is 2.79. The van der Waals surface area contributed by atoms with Crippen LogP contribution in [-0.2, 0) is 14.3 Å². The molecular formula is C16H27NO4Si. The van der Waals surface area contributed by atoms with Crippen LogP contribution in [0, 0.1) is 11.5 Å². The Balaban J connectivity index is 3.04. The molecule has 1 heterocycles. The van der Waals surface area contributed by atoms with E-state index in [0.29, 0.717) is 12.8 Å². The van der Waals surface area contributed by atoms with Crippen LogP contribution in [0.25, 0.3) is 0 Å². The number of hydrogen-bond acceptors (Lipinski definition) is 4. The van der Waals surface area contributed by atoms with Crippen LogP contribution < -0.4 is 0 Å². The molecule has 0 aromatic rings. The van der Waals surface area contributed by atoms with E-state index in [1.54, 1.807) is 20.8 Å². The van der Waals surface area contributed by atoms with E-state index in [1.807, 2.05) is 0 Å². The number of amides is 1. The van der Waals surface area contributed by atoms with Crippen molar-refractivity contribution < 1.29 is 19.1 Å². The summed E-state index contributed by atoms with van der Waals surface area (Å²) in [5.74, 6) is 2.76. The highest BCUT2D eigenvalue weighted by molar-refractivity contribution is 6.83. The van der Waals surface area contributed by atoms with Gasteiger partial charge in [0.1, 0.15) is 19.7 Å². The fourth-order valence-electron chi connectivity index (χ4n) is 2.19. The third-order valence-corrected chi connectivity index (χ3v) is 3.97. The number of carbonyl (C=O) groups is 2. The summed E-state index contributed by atoms with van der Waals surface area (Å²) in [5.41, 5.74) is 2.66. The predicted molar refractivity (Wildman–Crippen MR) is 88.0 cm³/mol. The zero-order chi connectivity index (χ0) is 17.1. The van der Waals surface area contributed by atoms with Gasteiger partial charge in [-0.15, -0.1) is 5.54 Å². The monoisotopic (exact) mass is 325 g/mol. The topological polar surface area (TPSA) is 55.8 Å². The molecule has 0 radical (unpaired) electrons. The number of carbonyl (C=O) groups excluding carboxylic acids is 2. The summed E-state index contributed by atoms with van der Waals surface area (Å²) in [6.07, 6.45) is 0.711. The SMILES string of the molecule is COC(=O)[C@@H]1CC[C@H](C#C[Si](C)(C)C)N1C(=O)OC(C)(C)C. The van der Waals surface area contributed by atoms with Gasteiger partial charge in [-0.05, 0) is 33.6 Å². The van der Waals surface area contributed by atoms with Crippen LogP contribution in [0.3, 0.4) is 0 Å². The maximum atomic E-state index is 12.5. The van der Waals surface area contributed by atoms with Gasteiger partial charge < -0.3 is 9.47 Å². The van der Waals surface area contributed by atoms with Crippen molar-refractivity contribution in [2.75, 3.05) is 7.11 Å². The summed E-state index contributed by atoms with van der Waals surface area (Å²) < 4.78 is 10.2. The van der Waals surface area contributed by atoms with E-state index in [9.17, 15) is 9.59 Å². The molecule has 2 atom stereocenters. The Labute approximate surface area is 134 Å². The summed E-state index contributed by atoms with van der Waals surface area (Å²) >= 11 is 0. The van der Waals surface area contributed by atoms with E-state index >= 15 is 0 Å². The molecule has 0 unspecified atom stereocenters. The Morgan fingerprint density at radius 1 is 1.18 bits per heavy atom. The van der Waals surface area contributed by atoms with Crippen molar-refractivity contribution >= 4 is 20.1 Å². The van der Waals surface area contributed by atoms with E-state index in [0.717, 1.165) is 0 Å². The molecule has 1 aliphatic heterocycles. The lowest BCUT2D eigenvalue weighted by molar-refractivity contribution is -0.145. The molecule has 1 aliphatic rings. The fraction of sp³-hybridized carbons (Fsp3) is 0.750. The maximum absolute atomic E-state index is 12.5. The van der Waals surface area contributed by atoms with Crippen LogP contribution in [0.5, 0.6) is 0 Å². The summed E-state index contributed by atoms with van der Waals surface area (Å²) in [5, 5.41) is 0. The molecule has 0 saturated carbocycles. The molecule has 6 heteroatoms. The molecule has 1 saturated heterocycles. The summed E-state index contributed by atoms with van der Waals surface area (Å²) in [4.78, 5) is 25.8. The van der Waals surface area contributed by atoms with Crippen molar-refractivity contribution in [1.82, 2.24) is 4.90 Å². The Morgan fingerprint density at radius 3 is 2.23 bits per heavy atom. The Morgan fingerprint density at radius 2 is 1.77 bits per heavy atom. The van der Waals surface area contributed by atoms with E-state index < -0.39 is 31.8 Å². The minimum Gasteiger partial charge on any atom is -0.467 e. The second-order valence-corrected chi connectivity index (χ2v) is 12.3. The summed E-state index contributed by atoms with van der Waals surface area (Å²) in [6.45, 7) is 11.8. The highest BCUT2D eigenvalue weighted by Gasteiger charge is 2.43. The van der Waals surface area contributed by atoms with Gasteiger partial charge in [-0.1, -0.05) is 25.6 Å². The normalized spacial score (nSPS) is 21.9. The van der Waals surface area contributed by atoms with Gasteiger partial charge in [0, 0.05) is 0 Å². The van der Waals surface area contributed by atoms with Gasteiger partial charge in [0.25, 0.3) is 0 Å².